The van der Waals surface area contributed by atoms with Gasteiger partial charge >= 0.3 is 0 Å². The first-order valence-electron chi connectivity index (χ1n) is 8.99. The van der Waals surface area contributed by atoms with E-state index in [0.29, 0.717) is 6.42 Å². The van der Waals surface area contributed by atoms with Crippen molar-refractivity contribution in [3.63, 3.8) is 0 Å². The molecule has 0 radical (unpaired) electrons. The van der Waals surface area contributed by atoms with E-state index in [1.807, 2.05) is 24.0 Å². The number of carbonyl (C=O) groups excluding carboxylic acids is 1. The predicted octanol–water partition coefficient (Wildman–Crippen LogP) is 4.18. The SMILES string of the molecule is CCCCC(N)c1ccc2c(c1)N(CCCC)C(=O)C(CC)O2. The quantitative estimate of drug-likeness (QED) is 0.782. The maximum absolute atomic E-state index is 12.6. The van der Waals surface area contributed by atoms with Gasteiger partial charge in [-0.1, -0.05) is 46.1 Å². The van der Waals surface area contributed by atoms with Crippen molar-refractivity contribution >= 4 is 11.6 Å². The molecule has 1 aromatic rings. The minimum atomic E-state index is -0.362. The zero-order valence-corrected chi connectivity index (χ0v) is 14.7. The van der Waals surface area contributed by atoms with Crippen molar-refractivity contribution in [1.29, 1.82) is 0 Å². The maximum Gasteiger partial charge on any atom is 0.268 e. The molecule has 23 heavy (non-hydrogen) atoms. The minimum Gasteiger partial charge on any atom is -0.478 e. The summed E-state index contributed by atoms with van der Waals surface area (Å²) in [5, 5.41) is 0. The molecule has 0 saturated heterocycles. The first-order chi connectivity index (χ1) is 11.1. The Morgan fingerprint density at radius 1 is 1.22 bits per heavy atom. The number of nitrogens with two attached hydrogens (primary N) is 1. The van der Waals surface area contributed by atoms with Crippen LogP contribution in [0.3, 0.4) is 0 Å². The molecule has 2 rings (SSSR count). The van der Waals surface area contributed by atoms with Crippen LogP contribution in [0.5, 0.6) is 5.75 Å². The van der Waals surface area contributed by atoms with Gasteiger partial charge in [-0.25, -0.2) is 0 Å². The third-order valence-electron chi connectivity index (χ3n) is 4.49. The van der Waals surface area contributed by atoms with Crippen LogP contribution in [0, 0.1) is 0 Å². The van der Waals surface area contributed by atoms with Gasteiger partial charge in [0.1, 0.15) is 5.75 Å². The monoisotopic (exact) mass is 318 g/mol. The molecule has 1 heterocycles. The third-order valence-corrected chi connectivity index (χ3v) is 4.49. The number of hydrogen-bond donors (Lipinski definition) is 1. The highest BCUT2D eigenvalue weighted by Gasteiger charge is 2.33. The van der Waals surface area contributed by atoms with E-state index < -0.39 is 0 Å². The minimum absolute atomic E-state index is 0.0206. The van der Waals surface area contributed by atoms with Crippen LogP contribution >= 0.6 is 0 Å². The summed E-state index contributed by atoms with van der Waals surface area (Å²) in [5.41, 5.74) is 8.28. The summed E-state index contributed by atoms with van der Waals surface area (Å²) in [6.45, 7) is 7.04. The fourth-order valence-electron chi connectivity index (χ4n) is 2.97. The smallest absolute Gasteiger partial charge is 0.268 e. The molecule has 0 bridgehead atoms. The van der Waals surface area contributed by atoms with Crippen LogP contribution in [0.25, 0.3) is 0 Å². The molecule has 0 saturated carbocycles. The van der Waals surface area contributed by atoms with Crippen molar-refractivity contribution in [3.8, 4) is 5.75 Å². The Kier molecular flexibility index (Phi) is 6.46. The summed E-state index contributed by atoms with van der Waals surface area (Å²) >= 11 is 0. The highest BCUT2D eigenvalue weighted by molar-refractivity contribution is 6.00. The Labute approximate surface area is 140 Å². The first-order valence-corrected chi connectivity index (χ1v) is 8.99. The normalized spacial score (nSPS) is 18.5. The second kappa shape index (κ2) is 8.34. The number of benzene rings is 1. The molecule has 0 aromatic heterocycles. The number of hydrogen-bond acceptors (Lipinski definition) is 3. The molecule has 1 aliphatic heterocycles. The molecule has 2 unspecified atom stereocenters. The van der Waals surface area contributed by atoms with Crippen LogP contribution in [-0.2, 0) is 4.79 Å². The summed E-state index contributed by atoms with van der Waals surface area (Å²) in [4.78, 5) is 14.5. The Bertz CT molecular complexity index is 530. The molecule has 0 spiro atoms. The van der Waals surface area contributed by atoms with E-state index in [1.165, 1.54) is 0 Å². The number of rotatable bonds is 8. The van der Waals surface area contributed by atoms with Gasteiger partial charge in [-0.2, -0.15) is 0 Å². The summed E-state index contributed by atoms with van der Waals surface area (Å²) in [6.07, 6.45) is 5.61. The van der Waals surface area contributed by atoms with Crippen LogP contribution in [0.4, 0.5) is 5.69 Å². The van der Waals surface area contributed by atoms with E-state index in [0.717, 1.165) is 55.6 Å². The molecular weight excluding hydrogens is 288 g/mol. The topological polar surface area (TPSA) is 55.6 Å². The van der Waals surface area contributed by atoms with Crippen LogP contribution in [0.15, 0.2) is 18.2 Å². The molecule has 4 nitrogen and oxygen atoms in total. The van der Waals surface area contributed by atoms with Crippen molar-refractivity contribution in [1.82, 2.24) is 0 Å². The highest BCUT2D eigenvalue weighted by atomic mass is 16.5. The van der Waals surface area contributed by atoms with Gasteiger partial charge in [-0.15, -0.1) is 0 Å². The summed E-state index contributed by atoms with van der Waals surface area (Å²) in [7, 11) is 0. The number of unbranched alkanes of at least 4 members (excludes halogenated alkanes) is 2. The first kappa shape index (κ1) is 17.8. The average Bonchev–Trinajstić information content (AvgIpc) is 2.58. The van der Waals surface area contributed by atoms with E-state index in [1.54, 1.807) is 0 Å². The van der Waals surface area contributed by atoms with Gasteiger partial charge in [0.15, 0.2) is 6.10 Å². The lowest BCUT2D eigenvalue weighted by Gasteiger charge is -2.34. The van der Waals surface area contributed by atoms with E-state index in [4.69, 9.17) is 10.5 Å². The molecule has 0 aliphatic carbocycles. The van der Waals surface area contributed by atoms with Crippen LogP contribution < -0.4 is 15.4 Å². The van der Waals surface area contributed by atoms with Crippen molar-refractivity contribution in [2.75, 3.05) is 11.4 Å². The lowest BCUT2D eigenvalue weighted by molar-refractivity contribution is -0.126. The van der Waals surface area contributed by atoms with Gasteiger partial charge < -0.3 is 15.4 Å². The summed E-state index contributed by atoms with van der Waals surface area (Å²) in [5.74, 6) is 0.881. The van der Waals surface area contributed by atoms with Crippen molar-refractivity contribution in [2.24, 2.45) is 5.73 Å². The number of carbonyl (C=O) groups is 1. The molecule has 1 aliphatic rings. The number of nitrogens with zero attached hydrogens (tertiary/aromatic N) is 1. The average molecular weight is 318 g/mol. The van der Waals surface area contributed by atoms with E-state index in [9.17, 15) is 4.79 Å². The fraction of sp³-hybridized carbons (Fsp3) is 0.632. The molecule has 4 heteroatoms. The van der Waals surface area contributed by atoms with Gasteiger partial charge in [0, 0.05) is 12.6 Å². The van der Waals surface area contributed by atoms with Gasteiger partial charge in [0.25, 0.3) is 5.91 Å². The molecule has 1 amide bonds. The molecule has 128 valence electrons. The lowest BCUT2D eigenvalue weighted by Crippen LogP contribution is -2.46. The van der Waals surface area contributed by atoms with E-state index >= 15 is 0 Å². The molecule has 1 aromatic carbocycles. The van der Waals surface area contributed by atoms with Crippen molar-refractivity contribution in [3.05, 3.63) is 23.8 Å². The second-order valence-electron chi connectivity index (χ2n) is 6.33. The summed E-state index contributed by atoms with van der Waals surface area (Å²) in [6, 6.07) is 6.09. The second-order valence-corrected chi connectivity index (χ2v) is 6.33. The fourth-order valence-corrected chi connectivity index (χ4v) is 2.97. The van der Waals surface area contributed by atoms with Gasteiger partial charge in [0.05, 0.1) is 5.69 Å². The van der Waals surface area contributed by atoms with Gasteiger partial charge in [0.2, 0.25) is 0 Å². The number of ether oxygens (including phenoxy) is 1. The zero-order chi connectivity index (χ0) is 16.8. The highest BCUT2D eigenvalue weighted by Crippen LogP contribution is 2.37. The van der Waals surface area contributed by atoms with Crippen LogP contribution in [0.1, 0.15) is 70.9 Å². The molecular formula is C19H30N2O2. The zero-order valence-electron chi connectivity index (χ0n) is 14.7. The van der Waals surface area contributed by atoms with Crippen molar-refractivity contribution < 1.29 is 9.53 Å². The summed E-state index contributed by atoms with van der Waals surface area (Å²) < 4.78 is 5.89. The number of fused-ring (bicyclic) bond motifs is 1. The Morgan fingerprint density at radius 3 is 2.61 bits per heavy atom. The van der Waals surface area contributed by atoms with Crippen molar-refractivity contribution in [2.45, 2.75) is 71.4 Å². The predicted molar refractivity (Wildman–Crippen MR) is 94.9 cm³/mol. The van der Waals surface area contributed by atoms with Gasteiger partial charge in [-0.3, -0.25) is 4.79 Å². The van der Waals surface area contributed by atoms with Crippen LogP contribution in [-0.4, -0.2) is 18.6 Å². The Hall–Kier alpha value is -1.55. The molecule has 2 N–H and O–H groups in total. The Morgan fingerprint density at radius 2 is 1.96 bits per heavy atom. The molecule has 2 atom stereocenters. The van der Waals surface area contributed by atoms with Crippen LogP contribution in [0.2, 0.25) is 0 Å². The number of amides is 1. The standard InChI is InChI=1S/C19H30N2O2/c1-4-7-9-15(20)14-10-11-18-16(13-14)21(12-8-5-2)19(22)17(6-3)23-18/h10-11,13,15,17H,4-9,12,20H2,1-3H3. The third kappa shape index (κ3) is 4.05. The number of anilines is 1. The maximum atomic E-state index is 12.6. The largest absolute Gasteiger partial charge is 0.478 e. The van der Waals surface area contributed by atoms with E-state index in [-0.39, 0.29) is 18.1 Å². The molecule has 0 fully saturated rings. The Balaban J connectivity index is 2.29. The van der Waals surface area contributed by atoms with Gasteiger partial charge in [-0.05, 0) is 37.0 Å². The van der Waals surface area contributed by atoms with E-state index in [2.05, 4.69) is 19.9 Å². The lowest BCUT2D eigenvalue weighted by atomic mass is 10.00.